The lowest BCUT2D eigenvalue weighted by Crippen LogP contribution is -2.48. The van der Waals surface area contributed by atoms with Gasteiger partial charge in [-0.25, -0.2) is 20.2 Å². The Bertz CT molecular complexity index is 981. The molecule has 1 heterocycles. The van der Waals surface area contributed by atoms with E-state index in [4.69, 9.17) is 4.74 Å². The summed E-state index contributed by atoms with van der Waals surface area (Å²) in [6.07, 6.45) is -4.72. The minimum absolute atomic E-state index is 0.000540. The molecule has 2 aromatic carbocycles. The number of guanidine groups is 1. The van der Waals surface area contributed by atoms with Gasteiger partial charge in [0.15, 0.2) is 5.96 Å². The fourth-order valence-corrected chi connectivity index (χ4v) is 3.43. The number of hydrazine groups is 1. The second-order valence-corrected chi connectivity index (χ2v) is 7.62. The first-order valence-corrected chi connectivity index (χ1v) is 10.2. The minimum atomic E-state index is -4.68. The normalized spacial score (nSPS) is 19.9. The predicted octanol–water partition coefficient (Wildman–Crippen LogP) is 3.12. The summed E-state index contributed by atoms with van der Waals surface area (Å²) in [5, 5.41) is 5.41. The number of alkyl halides is 3. The Labute approximate surface area is 188 Å². The van der Waals surface area contributed by atoms with Crippen molar-refractivity contribution in [2.45, 2.75) is 37.8 Å². The number of halogens is 4. The molecule has 7 nitrogen and oxygen atoms in total. The van der Waals surface area contributed by atoms with Gasteiger partial charge in [-0.1, -0.05) is 24.3 Å². The van der Waals surface area contributed by atoms with Gasteiger partial charge in [0, 0.05) is 25.6 Å². The second-order valence-electron chi connectivity index (χ2n) is 7.62. The molecule has 0 aliphatic carbocycles. The summed E-state index contributed by atoms with van der Waals surface area (Å²) in [6.45, 7) is 2.05. The van der Waals surface area contributed by atoms with Crippen LogP contribution < -0.4 is 21.5 Å². The molecule has 4 N–H and O–H groups in total. The molecule has 0 bridgehead atoms. The maximum atomic E-state index is 13.3. The molecule has 33 heavy (non-hydrogen) atoms. The quantitative estimate of drug-likeness (QED) is 0.298. The third kappa shape index (κ3) is 6.73. The summed E-state index contributed by atoms with van der Waals surface area (Å²) in [5.74, 6) is -1.29. The fraction of sp³-hybridized carbons (Fsp3) is 0.364. The van der Waals surface area contributed by atoms with Crippen LogP contribution in [-0.2, 0) is 10.9 Å². The summed E-state index contributed by atoms with van der Waals surface area (Å²) in [7, 11) is 1.50. The number of rotatable bonds is 6. The van der Waals surface area contributed by atoms with Gasteiger partial charge in [0.25, 0.3) is 5.91 Å². The molecule has 0 radical (unpaired) electrons. The van der Waals surface area contributed by atoms with Crippen LogP contribution >= 0.6 is 0 Å². The van der Waals surface area contributed by atoms with E-state index in [-0.39, 0.29) is 30.5 Å². The summed E-state index contributed by atoms with van der Waals surface area (Å²) in [6, 6.07) is 10.1. The Morgan fingerprint density at radius 1 is 1.18 bits per heavy atom. The number of carbonyl (C=O) groups is 1. The van der Waals surface area contributed by atoms with E-state index >= 15 is 0 Å². The number of nitrogens with one attached hydrogen (secondary N) is 4. The molecule has 1 amide bonds. The Hall–Kier alpha value is -3.02. The highest BCUT2D eigenvalue weighted by molar-refractivity contribution is 6.06. The average molecular weight is 467 g/mol. The van der Waals surface area contributed by atoms with Crippen LogP contribution in [0.2, 0.25) is 0 Å². The van der Waals surface area contributed by atoms with Crippen molar-refractivity contribution in [2.75, 3.05) is 13.7 Å². The number of amides is 1. The van der Waals surface area contributed by atoms with E-state index in [1.165, 1.54) is 31.4 Å². The van der Waals surface area contributed by atoms with Gasteiger partial charge in [0.05, 0.1) is 17.7 Å². The van der Waals surface area contributed by atoms with Crippen molar-refractivity contribution in [3.8, 4) is 0 Å². The fourth-order valence-electron chi connectivity index (χ4n) is 3.43. The monoisotopic (exact) mass is 467 g/mol. The van der Waals surface area contributed by atoms with Gasteiger partial charge in [0.1, 0.15) is 12.0 Å². The van der Waals surface area contributed by atoms with Crippen LogP contribution in [0.4, 0.5) is 17.6 Å². The molecule has 2 aromatic rings. The molecule has 0 saturated carbocycles. The van der Waals surface area contributed by atoms with Crippen molar-refractivity contribution in [3.05, 3.63) is 71.0 Å². The summed E-state index contributed by atoms with van der Waals surface area (Å²) < 4.78 is 58.2. The Morgan fingerprint density at radius 2 is 1.88 bits per heavy atom. The third-order valence-electron chi connectivity index (χ3n) is 4.95. The first-order valence-electron chi connectivity index (χ1n) is 10.2. The number of aliphatic imine (C=N–C) groups is 1. The van der Waals surface area contributed by atoms with Crippen molar-refractivity contribution >= 4 is 11.9 Å². The maximum Gasteiger partial charge on any atom is 0.417 e. The van der Waals surface area contributed by atoms with Crippen LogP contribution in [0.1, 0.15) is 40.9 Å². The average Bonchev–Trinajstić information content (AvgIpc) is 3.22. The molecule has 11 heteroatoms. The molecule has 1 fully saturated rings. The van der Waals surface area contributed by atoms with Gasteiger partial charge in [0.2, 0.25) is 0 Å². The number of benzene rings is 2. The molecular weight excluding hydrogens is 442 g/mol. The van der Waals surface area contributed by atoms with Crippen molar-refractivity contribution in [3.63, 3.8) is 0 Å². The largest absolute Gasteiger partial charge is 0.417 e. The predicted molar refractivity (Wildman–Crippen MR) is 115 cm³/mol. The van der Waals surface area contributed by atoms with Crippen LogP contribution in [0.5, 0.6) is 0 Å². The van der Waals surface area contributed by atoms with Crippen molar-refractivity contribution in [1.82, 2.24) is 21.5 Å². The summed E-state index contributed by atoms with van der Waals surface area (Å²) >= 11 is 0. The highest BCUT2D eigenvalue weighted by Crippen LogP contribution is 2.31. The Morgan fingerprint density at radius 3 is 2.55 bits per heavy atom. The van der Waals surface area contributed by atoms with Crippen LogP contribution in [0.15, 0.2) is 53.5 Å². The zero-order chi connectivity index (χ0) is 24.0. The van der Waals surface area contributed by atoms with E-state index in [0.29, 0.717) is 6.42 Å². The van der Waals surface area contributed by atoms with Crippen molar-refractivity contribution < 1.29 is 27.1 Å². The van der Waals surface area contributed by atoms with Crippen LogP contribution in [0, 0.1) is 5.82 Å². The summed E-state index contributed by atoms with van der Waals surface area (Å²) in [5.41, 5.74) is 5.31. The van der Waals surface area contributed by atoms with Crippen molar-refractivity contribution in [1.29, 1.82) is 0 Å². The van der Waals surface area contributed by atoms with E-state index < -0.39 is 29.4 Å². The van der Waals surface area contributed by atoms with Gasteiger partial charge in [-0.3, -0.25) is 10.1 Å². The van der Waals surface area contributed by atoms with E-state index in [0.717, 1.165) is 17.7 Å². The second kappa shape index (κ2) is 10.7. The first-order chi connectivity index (χ1) is 15.7. The van der Waals surface area contributed by atoms with Gasteiger partial charge in [-0.15, -0.1) is 0 Å². The third-order valence-corrected chi connectivity index (χ3v) is 4.95. The van der Waals surface area contributed by atoms with Crippen molar-refractivity contribution in [2.24, 2.45) is 4.99 Å². The van der Waals surface area contributed by atoms with E-state index in [1.54, 1.807) is 19.1 Å². The molecule has 0 spiro atoms. The Balaban J connectivity index is 1.78. The van der Waals surface area contributed by atoms with Crippen LogP contribution in [0.25, 0.3) is 0 Å². The summed E-state index contributed by atoms with van der Waals surface area (Å²) in [4.78, 5) is 17.2. The zero-order valence-corrected chi connectivity index (χ0v) is 18.0. The van der Waals surface area contributed by atoms with Gasteiger partial charge >= 0.3 is 6.18 Å². The Kier molecular flexibility index (Phi) is 8.01. The number of carbonyl (C=O) groups excluding carboxylic acids is 1. The first kappa shape index (κ1) is 24.6. The highest BCUT2D eigenvalue weighted by atomic mass is 19.4. The molecule has 3 atom stereocenters. The number of hydrogen-bond acceptors (Lipinski definition) is 5. The highest BCUT2D eigenvalue weighted by Gasteiger charge is 2.35. The smallest absolute Gasteiger partial charge is 0.383 e. The number of ether oxygens (including phenoxy) is 1. The van der Waals surface area contributed by atoms with Gasteiger partial charge in [-0.2, -0.15) is 13.2 Å². The SMILES string of the molecule is COC[C@H](C)NC(=NC1CC(c2ccc(F)cc2)NN1)NC(=O)c1ccccc1C(F)(F)F. The van der Waals surface area contributed by atoms with Crippen LogP contribution in [0.3, 0.4) is 0 Å². The zero-order valence-electron chi connectivity index (χ0n) is 18.0. The minimum Gasteiger partial charge on any atom is -0.383 e. The van der Waals surface area contributed by atoms with E-state index in [9.17, 15) is 22.4 Å². The molecule has 0 aromatic heterocycles. The van der Waals surface area contributed by atoms with E-state index in [1.807, 2.05) is 0 Å². The van der Waals surface area contributed by atoms with Gasteiger partial charge < -0.3 is 10.1 Å². The number of methoxy groups -OCH3 is 1. The van der Waals surface area contributed by atoms with Gasteiger partial charge in [-0.05, 0) is 36.8 Å². The molecule has 1 aliphatic rings. The van der Waals surface area contributed by atoms with E-state index in [2.05, 4.69) is 26.5 Å². The molecule has 1 saturated heterocycles. The molecule has 178 valence electrons. The topological polar surface area (TPSA) is 86.8 Å². The standard InChI is InChI=1S/C22H25F4N5O2/c1-13(12-33-2)27-21(29-20(32)16-5-3-4-6-17(16)22(24,25)26)28-19-11-18(30-31-19)14-7-9-15(23)10-8-14/h3-10,13,18-19,30-31H,11-12H2,1-2H3,(H2,27,28,29,32)/t13-,18?,19?/m0/s1. The lowest BCUT2D eigenvalue weighted by molar-refractivity contribution is -0.137. The van der Waals surface area contributed by atoms with Crippen LogP contribution in [-0.4, -0.2) is 37.8 Å². The number of nitrogens with zero attached hydrogens (tertiary/aromatic N) is 1. The molecule has 1 aliphatic heterocycles. The molecular formula is C22H25F4N5O2. The maximum absolute atomic E-state index is 13.3. The lowest BCUT2D eigenvalue weighted by Gasteiger charge is -2.19. The lowest BCUT2D eigenvalue weighted by atomic mass is 10.0. The molecule has 3 rings (SSSR count). The molecule has 2 unspecified atom stereocenters. The number of hydrogen-bond donors (Lipinski definition) is 4.